The monoisotopic (exact) mass is 415 g/mol. The molecule has 29 heavy (non-hydrogen) atoms. The van der Waals surface area contributed by atoms with Crippen LogP contribution in [0.1, 0.15) is 13.8 Å². The zero-order valence-corrected chi connectivity index (χ0v) is 16.0. The maximum atomic E-state index is 13.1. The Bertz CT molecular complexity index is 825. The zero-order chi connectivity index (χ0) is 21.9. The minimum absolute atomic E-state index is 0.00156. The Labute approximate surface area is 164 Å². The highest BCUT2D eigenvalue weighted by molar-refractivity contribution is 6.45. The summed E-state index contributed by atoms with van der Waals surface area (Å²) in [5, 5.41) is 0. The molecule has 0 aromatic heterocycles. The van der Waals surface area contributed by atoms with Crippen LogP contribution in [0.2, 0.25) is 0 Å². The molecule has 0 aliphatic carbocycles. The average molecular weight is 415 g/mol. The van der Waals surface area contributed by atoms with Crippen LogP contribution < -0.4 is 9.64 Å². The SMILES string of the molecule is COc1ccccc1N(CC(F)(F)F)C(=O)CN1C(=O)C(=O)N(CC(C)C)C1=O. The third-order valence-electron chi connectivity index (χ3n) is 3.99. The molecule has 0 saturated carbocycles. The number of nitrogens with zero attached hydrogens (tertiary/aromatic N) is 3. The second-order valence-corrected chi connectivity index (χ2v) is 6.75. The number of carbonyl (C=O) groups excluding carboxylic acids is 4. The van der Waals surface area contributed by atoms with Gasteiger partial charge in [-0.05, 0) is 18.1 Å². The van der Waals surface area contributed by atoms with Crippen molar-refractivity contribution in [2.75, 3.05) is 31.6 Å². The minimum atomic E-state index is -4.75. The molecule has 0 atom stereocenters. The zero-order valence-electron chi connectivity index (χ0n) is 16.0. The number of rotatable bonds is 7. The summed E-state index contributed by atoms with van der Waals surface area (Å²) < 4.78 is 44.2. The fraction of sp³-hybridized carbons (Fsp3) is 0.444. The van der Waals surface area contributed by atoms with E-state index < -0.39 is 43.0 Å². The molecule has 11 heteroatoms. The van der Waals surface area contributed by atoms with Crippen LogP contribution in [-0.2, 0) is 14.4 Å². The van der Waals surface area contributed by atoms with Crippen LogP contribution in [0.4, 0.5) is 23.7 Å². The van der Waals surface area contributed by atoms with Gasteiger partial charge >= 0.3 is 24.0 Å². The lowest BCUT2D eigenvalue weighted by atomic mass is 10.2. The first-order chi connectivity index (χ1) is 13.5. The van der Waals surface area contributed by atoms with E-state index in [1.165, 1.54) is 31.4 Å². The number of hydrogen-bond acceptors (Lipinski definition) is 5. The van der Waals surface area contributed by atoms with Crippen LogP contribution in [0, 0.1) is 5.92 Å². The summed E-state index contributed by atoms with van der Waals surface area (Å²) in [6.07, 6.45) is -4.75. The standard InChI is InChI=1S/C18H20F3N3O5/c1-11(2)8-22-15(26)16(27)23(17(22)28)9-14(25)24(10-18(19,20)21)12-6-4-5-7-13(12)29-3/h4-7,11H,8-10H2,1-3H3. The van der Waals surface area contributed by atoms with Crippen molar-refractivity contribution in [1.29, 1.82) is 0 Å². The van der Waals surface area contributed by atoms with Gasteiger partial charge in [0.2, 0.25) is 5.91 Å². The lowest BCUT2D eigenvalue weighted by molar-refractivity contribution is -0.144. The minimum Gasteiger partial charge on any atom is -0.495 e. The molecule has 0 N–H and O–H groups in total. The van der Waals surface area contributed by atoms with Crippen molar-refractivity contribution in [2.45, 2.75) is 20.0 Å². The van der Waals surface area contributed by atoms with E-state index in [1.54, 1.807) is 13.8 Å². The molecule has 1 fully saturated rings. The maximum Gasteiger partial charge on any atom is 0.406 e. The summed E-state index contributed by atoms with van der Waals surface area (Å²) in [5.41, 5.74) is -0.179. The van der Waals surface area contributed by atoms with Crippen molar-refractivity contribution in [3.8, 4) is 5.75 Å². The molecule has 1 saturated heterocycles. The molecule has 0 spiro atoms. The van der Waals surface area contributed by atoms with Gasteiger partial charge < -0.3 is 4.74 Å². The van der Waals surface area contributed by atoms with E-state index in [0.29, 0.717) is 14.7 Å². The van der Waals surface area contributed by atoms with Crippen LogP contribution in [0.25, 0.3) is 0 Å². The molecular weight excluding hydrogens is 395 g/mol. The second kappa shape index (κ2) is 8.50. The number of hydrogen-bond donors (Lipinski definition) is 0. The van der Waals surface area contributed by atoms with Crippen molar-refractivity contribution in [3.05, 3.63) is 24.3 Å². The summed E-state index contributed by atoms with van der Waals surface area (Å²) in [4.78, 5) is 50.5. The normalized spacial score (nSPS) is 14.8. The Morgan fingerprint density at radius 2 is 1.69 bits per heavy atom. The Morgan fingerprint density at radius 3 is 2.24 bits per heavy atom. The molecule has 8 nitrogen and oxygen atoms in total. The van der Waals surface area contributed by atoms with Crippen LogP contribution in [0.15, 0.2) is 24.3 Å². The fourth-order valence-electron chi connectivity index (χ4n) is 2.78. The molecule has 0 unspecified atom stereocenters. The van der Waals surface area contributed by atoms with Crippen molar-refractivity contribution in [2.24, 2.45) is 5.92 Å². The predicted octanol–water partition coefficient (Wildman–Crippen LogP) is 2.04. The van der Waals surface area contributed by atoms with Crippen LogP contribution in [0.3, 0.4) is 0 Å². The summed E-state index contributed by atoms with van der Waals surface area (Å²) in [7, 11) is 1.23. The van der Waals surface area contributed by atoms with E-state index in [1.807, 2.05) is 0 Å². The Morgan fingerprint density at radius 1 is 1.10 bits per heavy atom. The van der Waals surface area contributed by atoms with Gasteiger partial charge in [-0.2, -0.15) is 13.2 Å². The number of alkyl halides is 3. The Hall–Kier alpha value is -3.11. The number of carbonyl (C=O) groups is 4. The van der Waals surface area contributed by atoms with Crippen molar-refractivity contribution >= 4 is 29.4 Å². The molecular formula is C18H20F3N3O5. The van der Waals surface area contributed by atoms with Gasteiger partial charge in [0.05, 0.1) is 12.8 Å². The molecule has 0 radical (unpaired) electrons. The molecule has 1 aliphatic heterocycles. The van der Waals surface area contributed by atoms with Crippen LogP contribution in [0.5, 0.6) is 5.75 Å². The molecule has 2 rings (SSSR count). The Kier molecular flexibility index (Phi) is 6.50. The lowest BCUT2D eigenvalue weighted by Gasteiger charge is -2.27. The Balaban J connectivity index is 2.31. The maximum absolute atomic E-state index is 13.1. The number of urea groups is 1. The third-order valence-corrected chi connectivity index (χ3v) is 3.99. The van der Waals surface area contributed by atoms with Gasteiger partial charge in [0.15, 0.2) is 0 Å². The number of imide groups is 2. The molecule has 1 heterocycles. The summed E-state index contributed by atoms with van der Waals surface area (Å²) in [6, 6.07) is 4.50. The fourth-order valence-corrected chi connectivity index (χ4v) is 2.78. The summed E-state index contributed by atoms with van der Waals surface area (Å²) >= 11 is 0. The number of anilines is 1. The summed E-state index contributed by atoms with van der Waals surface area (Å²) in [5.74, 6) is -3.69. The number of halogens is 3. The topological polar surface area (TPSA) is 87.2 Å². The molecule has 1 aromatic rings. The van der Waals surface area contributed by atoms with Gasteiger partial charge in [0, 0.05) is 6.54 Å². The molecule has 5 amide bonds. The van der Waals surface area contributed by atoms with Crippen LogP contribution >= 0.6 is 0 Å². The largest absolute Gasteiger partial charge is 0.495 e. The first-order valence-electron chi connectivity index (χ1n) is 8.63. The average Bonchev–Trinajstić information content (AvgIpc) is 2.83. The van der Waals surface area contributed by atoms with Crippen LogP contribution in [-0.4, -0.2) is 66.5 Å². The highest BCUT2D eigenvalue weighted by Crippen LogP contribution is 2.31. The van der Waals surface area contributed by atoms with E-state index in [9.17, 15) is 32.3 Å². The van der Waals surface area contributed by atoms with Gasteiger partial charge in [-0.1, -0.05) is 26.0 Å². The third kappa shape index (κ3) is 5.04. The lowest BCUT2D eigenvalue weighted by Crippen LogP contribution is -2.47. The molecule has 1 aromatic carbocycles. The predicted molar refractivity (Wildman–Crippen MR) is 95.1 cm³/mol. The van der Waals surface area contributed by atoms with E-state index in [4.69, 9.17) is 4.74 Å². The smallest absolute Gasteiger partial charge is 0.406 e. The van der Waals surface area contributed by atoms with E-state index >= 15 is 0 Å². The quantitative estimate of drug-likeness (QED) is 0.503. The summed E-state index contributed by atoms with van der Waals surface area (Å²) in [6.45, 7) is 0.711. The molecule has 158 valence electrons. The van der Waals surface area contributed by atoms with E-state index in [-0.39, 0.29) is 23.9 Å². The van der Waals surface area contributed by atoms with E-state index in [2.05, 4.69) is 0 Å². The van der Waals surface area contributed by atoms with Gasteiger partial charge in [0.25, 0.3) is 0 Å². The molecule has 0 bridgehead atoms. The number of ether oxygens (including phenoxy) is 1. The number of para-hydroxylation sites is 2. The first kappa shape index (κ1) is 22.2. The van der Waals surface area contributed by atoms with Gasteiger partial charge in [-0.3, -0.25) is 24.2 Å². The van der Waals surface area contributed by atoms with E-state index in [0.717, 1.165) is 0 Å². The highest BCUT2D eigenvalue weighted by atomic mass is 19.4. The van der Waals surface area contributed by atoms with Gasteiger partial charge in [-0.15, -0.1) is 0 Å². The number of methoxy groups -OCH3 is 1. The number of amides is 5. The first-order valence-corrected chi connectivity index (χ1v) is 8.63. The van der Waals surface area contributed by atoms with Crippen molar-refractivity contribution in [3.63, 3.8) is 0 Å². The highest BCUT2D eigenvalue weighted by Gasteiger charge is 2.46. The molecule has 1 aliphatic rings. The van der Waals surface area contributed by atoms with Gasteiger partial charge in [-0.25, -0.2) is 9.69 Å². The number of benzene rings is 1. The second-order valence-electron chi connectivity index (χ2n) is 6.75. The van der Waals surface area contributed by atoms with Crippen molar-refractivity contribution in [1.82, 2.24) is 9.80 Å². The van der Waals surface area contributed by atoms with Crippen molar-refractivity contribution < 1.29 is 37.1 Å². The van der Waals surface area contributed by atoms with Gasteiger partial charge in [0.1, 0.15) is 18.8 Å².